The first kappa shape index (κ1) is 22.0. The van der Waals surface area contributed by atoms with Gasteiger partial charge in [-0.1, -0.05) is 19.3 Å². The summed E-state index contributed by atoms with van der Waals surface area (Å²) < 4.78 is 17.0. The molecule has 2 heterocycles. The molecule has 2 amide bonds. The van der Waals surface area contributed by atoms with E-state index in [-0.39, 0.29) is 55.6 Å². The molecular weight excluding hydrogens is 400 g/mol. The number of methoxy groups -OCH3 is 1. The molecule has 0 radical (unpaired) electrons. The van der Waals surface area contributed by atoms with Gasteiger partial charge in [-0.05, 0) is 37.5 Å². The summed E-state index contributed by atoms with van der Waals surface area (Å²) in [6.07, 6.45) is 5.47. The molecule has 0 aromatic heterocycles. The number of nitrogens with one attached hydrogen (secondary N) is 2. The van der Waals surface area contributed by atoms with Crippen LogP contribution in [-0.4, -0.2) is 61.6 Å². The van der Waals surface area contributed by atoms with E-state index >= 15 is 0 Å². The lowest BCUT2D eigenvalue weighted by Crippen LogP contribution is -2.48. The van der Waals surface area contributed by atoms with Crippen molar-refractivity contribution in [2.45, 2.75) is 75.2 Å². The Labute approximate surface area is 182 Å². The number of carbonyl (C=O) groups excluding carboxylic acids is 2. The van der Waals surface area contributed by atoms with Crippen LogP contribution in [0.25, 0.3) is 0 Å². The van der Waals surface area contributed by atoms with E-state index in [1.54, 1.807) is 6.07 Å². The zero-order valence-corrected chi connectivity index (χ0v) is 18.0. The molecule has 8 heteroatoms. The summed E-state index contributed by atoms with van der Waals surface area (Å²) in [4.78, 5) is 24.5. The molecule has 4 rings (SSSR count). The van der Waals surface area contributed by atoms with Crippen LogP contribution in [0.5, 0.6) is 5.75 Å². The summed E-state index contributed by atoms with van der Waals surface area (Å²) in [5.41, 5.74) is 1.64. The molecule has 3 aliphatic rings. The van der Waals surface area contributed by atoms with Crippen molar-refractivity contribution in [3.8, 4) is 5.75 Å². The number of rotatable bonds is 7. The molecule has 3 N–H and O–H groups in total. The second-order valence-electron chi connectivity index (χ2n) is 8.74. The number of anilines is 1. The lowest BCUT2D eigenvalue weighted by Gasteiger charge is -2.37. The van der Waals surface area contributed by atoms with Crippen molar-refractivity contribution >= 4 is 17.5 Å². The van der Waals surface area contributed by atoms with Gasteiger partial charge in [0.1, 0.15) is 24.6 Å². The molecule has 2 aliphatic heterocycles. The van der Waals surface area contributed by atoms with E-state index in [1.807, 2.05) is 12.1 Å². The highest BCUT2D eigenvalue weighted by molar-refractivity contribution is 5.92. The maximum atomic E-state index is 12.6. The Bertz CT molecular complexity index is 794. The third-order valence-electron chi connectivity index (χ3n) is 6.44. The highest BCUT2D eigenvalue weighted by atomic mass is 16.6. The Kier molecular flexibility index (Phi) is 7.09. The zero-order valence-electron chi connectivity index (χ0n) is 18.0. The molecule has 1 aromatic rings. The number of benzene rings is 1. The number of hydrogen-bond acceptors (Lipinski definition) is 6. The van der Waals surface area contributed by atoms with Crippen LogP contribution in [-0.2, 0) is 19.1 Å². The second kappa shape index (κ2) is 9.97. The third kappa shape index (κ3) is 5.19. The number of hydrogen-bond donors (Lipinski definition) is 3. The van der Waals surface area contributed by atoms with Crippen molar-refractivity contribution in [2.24, 2.45) is 0 Å². The van der Waals surface area contributed by atoms with Crippen molar-refractivity contribution in [3.05, 3.63) is 23.8 Å². The van der Waals surface area contributed by atoms with E-state index in [2.05, 4.69) is 10.6 Å². The molecule has 0 bridgehead atoms. The van der Waals surface area contributed by atoms with Crippen molar-refractivity contribution in [1.82, 2.24) is 5.32 Å². The molecule has 1 aliphatic carbocycles. The van der Waals surface area contributed by atoms with Crippen LogP contribution in [0, 0.1) is 0 Å². The zero-order chi connectivity index (χ0) is 21.8. The van der Waals surface area contributed by atoms with Gasteiger partial charge in [0.2, 0.25) is 11.8 Å². The van der Waals surface area contributed by atoms with Gasteiger partial charge >= 0.3 is 0 Å². The normalized spacial score (nSPS) is 27.7. The van der Waals surface area contributed by atoms with Crippen molar-refractivity contribution in [3.63, 3.8) is 0 Å². The number of fused-ring (bicyclic) bond motifs is 3. The van der Waals surface area contributed by atoms with E-state index in [9.17, 15) is 14.7 Å². The standard InChI is InChI=1S/C23H32N2O6/c1-29-13-22(28)25-15-7-8-19-17(9-15)18-10-16(30-20(12-26)23(18)31-19)11-21(27)24-14-5-3-2-4-6-14/h7-9,14,16,18,20,23,26H,2-6,10-13H2,1H3,(H,24,27)(H,25,28)/t16-,18-,20+,23+/m1/s1. The molecular formula is C23H32N2O6. The number of aliphatic hydroxyl groups is 1. The Morgan fingerprint density at radius 3 is 2.74 bits per heavy atom. The van der Waals surface area contributed by atoms with E-state index in [0.29, 0.717) is 12.1 Å². The van der Waals surface area contributed by atoms with Gasteiger partial charge < -0.3 is 30.0 Å². The molecule has 8 nitrogen and oxygen atoms in total. The first-order valence-electron chi connectivity index (χ1n) is 11.2. The number of amides is 2. The molecule has 1 saturated heterocycles. The van der Waals surface area contributed by atoms with Crippen LogP contribution in [0.2, 0.25) is 0 Å². The Hall–Kier alpha value is -2.16. The fourth-order valence-corrected chi connectivity index (χ4v) is 5.04. The predicted octanol–water partition coefficient (Wildman–Crippen LogP) is 2.10. The first-order valence-corrected chi connectivity index (χ1v) is 11.2. The monoisotopic (exact) mass is 432 g/mol. The van der Waals surface area contributed by atoms with Crippen molar-refractivity contribution in [2.75, 3.05) is 25.6 Å². The smallest absolute Gasteiger partial charge is 0.250 e. The molecule has 0 spiro atoms. The number of ether oxygens (including phenoxy) is 3. The van der Waals surface area contributed by atoms with E-state index in [4.69, 9.17) is 14.2 Å². The van der Waals surface area contributed by atoms with Crippen LogP contribution in [0.4, 0.5) is 5.69 Å². The van der Waals surface area contributed by atoms with Crippen LogP contribution in [0.3, 0.4) is 0 Å². The van der Waals surface area contributed by atoms with Crippen LogP contribution >= 0.6 is 0 Å². The van der Waals surface area contributed by atoms with E-state index < -0.39 is 6.10 Å². The summed E-state index contributed by atoms with van der Waals surface area (Å²) >= 11 is 0. The summed E-state index contributed by atoms with van der Waals surface area (Å²) in [5, 5.41) is 15.9. The van der Waals surface area contributed by atoms with Gasteiger partial charge in [-0.15, -0.1) is 0 Å². The van der Waals surface area contributed by atoms with Gasteiger partial charge in [0, 0.05) is 30.3 Å². The fourth-order valence-electron chi connectivity index (χ4n) is 5.04. The maximum Gasteiger partial charge on any atom is 0.250 e. The average molecular weight is 433 g/mol. The molecule has 1 aromatic carbocycles. The SMILES string of the molecule is COCC(=O)Nc1ccc2c(c1)[C@H]1C[C@H](CC(=O)NC3CCCCC3)O[C@@H](CO)[C@H]1O2. The second-order valence-corrected chi connectivity index (χ2v) is 8.74. The molecule has 31 heavy (non-hydrogen) atoms. The molecule has 2 fully saturated rings. The van der Waals surface area contributed by atoms with Gasteiger partial charge in [0.25, 0.3) is 0 Å². The quantitative estimate of drug-likeness (QED) is 0.609. The number of aliphatic hydroxyl groups excluding tert-OH is 1. The molecule has 4 atom stereocenters. The fraction of sp³-hybridized carbons (Fsp3) is 0.652. The van der Waals surface area contributed by atoms with Gasteiger partial charge in [-0.3, -0.25) is 9.59 Å². The maximum absolute atomic E-state index is 12.6. The minimum Gasteiger partial charge on any atom is -0.487 e. The van der Waals surface area contributed by atoms with Crippen molar-refractivity contribution < 1.29 is 28.9 Å². The topological polar surface area (TPSA) is 106 Å². The van der Waals surface area contributed by atoms with E-state index in [1.165, 1.54) is 26.4 Å². The first-order chi connectivity index (χ1) is 15.1. The lowest BCUT2D eigenvalue weighted by molar-refractivity contribution is -0.142. The minimum atomic E-state index is -0.495. The highest BCUT2D eigenvalue weighted by Gasteiger charge is 2.46. The van der Waals surface area contributed by atoms with Crippen LogP contribution < -0.4 is 15.4 Å². The van der Waals surface area contributed by atoms with Crippen LogP contribution in [0.1, 0.15) is 56.4 Å². The van der Waals surface area contributed by atoms with Gasteiger partial charge in [0.15, 0.2) is 0 Å². The molecule has 170 valence electrons. The Morgan fingerprint density at radius 1 is 1.19 bits per heavy atom. The Balaban J connectivity index is 1.43. The lowest BCUT2D eigenvalue weighted by atomic mass is 9.84. The van der Waals surface area contributed by atoms with Gasteiger partial charge in [-0.2, -0.15) is 0 Å². The Morgan fingerprint density at radius 2 is 2.00 bits per heavy atom. The van der Waals surface area contributed by atoms with Crippen LogP contribution in [0.15, 0.2) is 18.2 Å². The average Bonchev–Trinajstić information content (AvgIpc) is 3.12. The molecule has 1 saturated carbocycles. The summed E-state index contributed by atoms with van der Waals surface area (Å²) in [6.45, 7) is -0.189. The predicted molar refractivity (Wildman–Crippen MR) is 114 cm³/mol. The third-order valence-corrected chi connectivity index (χ3v) is 6.44. The molecule has 0 unspecified atom stereocenters. The summed E-state index contributed by atoms with van der Waals surface area (Å²) in [5.74, 6) is 0.504. The summed E-state index contributed by atoms with van der Waals surface area (Å²) in [7, 11) is 1.47. The van der Waals surface area contributed by atoms with Gasteiger partial charge in [0.05, 0.1) is 19.1 Å². The number of carbonyl (C=O) groups is 2. The van der Waals surface area contributed by atoms with E-state index in [0.717, 1.165) is 24.2 Å². The largest absolute Gasteiger partial charge is 0.487 e. The highest BCUT2D eigenvalue weighted by Crippen LogP contribution is 2.47. The van der Waals surface area contributed by atoms with Gasteiger partial charge in [-0.25, -0.2) is 0 Å². The minimum absolute atomic E-state index is 0.00626. The summed E-state index contributed by atoms with van der Waals surface area (Å²) in [6, 6.07) is 5.79. The van der Waals surface area contributed by atoms with Crippen molar-refractivity contribution in [1.29, 1.82) is 0 Å².